The van der Waals surface area contributed by atoms with Gasteiger partial charge in [0.05, 0.1) is 6.61 Å². The van der Waals surface area contributed by atoms with Crippen molar-refractivity contribution in [3.63, 3.8) is 0 Å². The first kappa shape index (κ1) is 13.6. The van der Waals surface area contributed by atoms with E-state index in [4.69, 9.17) is 14.8 Å². The Bertz CT molecular complexity index is 555. The first-order chi connectivity index (χ1) is 9.08. The molecule has 0 spiro atoms. The maximum atomic E-state index is 9.13. The zero-order chi connectivity index (χ0) is 13.8. The fourth-order valence-electron chi connectivity index (χ4n) is 1.95. The molecule has 0 amide bonds. The van der Waals surface area contributed by atoms with Crippen molar-refractivity contribution in [2.45, 2.75) is 13.3 Å². The Balaban J connectivity index is 1.93. The van der Waals surface area contributed by atoms with Crippen LogP contribution in [0.1, 0.15) is 11.3 Å². The lowest BCUT2D eigenvalue weighted by molar-refractivity contribution is 0.318. The van der Waals surface area contributed by atoms with Gasteiger partial charge in [-0.15, -0.1) is 0 Å². The monoisotopic (exact) mass is 260 g/mol. The van der Waals surface area contributed by atoms with Crippen molar-refractivity contribution in [3.8, 4) is 5.75 Å². The summed E-state index contributed by atoms with van der Waals surface area (Å²) in [5.74, 6) is 0.726. The minimum atomic E-state index is -1.44. The molecule has 6 heteroatoms. The van der Waals surface area contributed by atoms with Crippen molar-refractivity contribution in [1.82, 2.24) is 9.78 Å². The maximum absolute atomic E-state index is 9.13. The van der Waals surface area contributed by atoms with E-state index in [1.54, 1.807) is 24.4 Å². The molecule has 2 aromatic rings. The number of rotatable bonds is 5. The quantitative estimate of drug-likeness (QED) is 0.744. The molecule has 1 heterocycles. The molecule has 1 aromatic carbocycles. The molecule has 0 aliphatic heterocycles. The van der Waals surface area contributed by atoms with E-state index in [1.165, 1.54) is 0 Å². The van der Waals surface area contributed by atoms with Gasteiger partial charge in [-0.2, -0.15) is 5.10 Å². The number of aromatic nitrogens is 2. The van der Waals surface area contributed by atoms with Gasteiger partial charge in [0.25, 0.3) is 0 Å². The van der Waals surface area contributed by atoms with E-state index >= 15 is 0 Å². The van der Waals surface area contributed by atoms with E-state index in [0.29, 0.717) is 12.1 Å². The molecule has 0 aliphatic carbocycles. The van der Waals surface area contributed by atoms with Gasteiger partial charge in [0.1, 0.15) is 5.75 Å². The van der Waals surface area contributed by atoms with Crippen LogP contribution in [0.15, 0.2) is 30.5 Å². The lowest BCUT2D eigenvalue weighted by Gasteiger charge is -2.10. The Morgan fingerprint density at radius 2 is 2.11 bits per heavy atom. The molecular weight excluding hydrogens is 243 g/mol. The van der Waals surface area contributed by atoms with Crippen molar-refractivity contribution in [3.05, 3.63) is 41.7 Å². The molecule has 0 saturated heterocycles. The summed E-state index contributed by atoms with van der Waals surface area (Å²) >= 11 is 0. The van der Waals surface area contributed by atoms with E-state index in [9.17, 15) is 0 Å². The number of aryl methyl sites for hydroxylation is 2. The van der Waals surface area contributed by atoms with Crippen molar-refractivity contribution < 1.29 is 14.8 Å². The SMILES string of the molecule is Cc1cc(OCCc2ccnn2C)ccc1B(O)O. The second-order valence-electron chi connectivity index (χ2n) is 4.44. The van der Waals surface area contributed by atoms with Gasteiger partial charge in [-0.25, -0.2) is 0 Å². The van der Waals surface area contributed by atoms with E-state index < -0.39 is 7.12 Å². The van der Waals surface area contributed by atoms with Crippen LogP contribution in [0.25, 0.3) is 0 Å². The summed E-state index contributed by atoms with van der Waals surface area (Å²) in [6, 6.07) is 7.17. The van der Waals surface area contributed by atoms with Gasteiger partial charge in [-0.05, 0) is 36.1 Å². The summed E-state index contributed by atoms with van der Waals surface area (Å²) in [5.41, 5.74) is 2.41. The number of ether oxygens (including phenoxy) is 1. The van der Waals surface area contributed by atoms with Gasteiger partial charge in [0.2, 0.25) is 0 Å². The summed E-state index contributed by atoms with van der Waals surface area (Å²) in [6.45, 7) is 2.38. The zero-order valence-corrected chi connectivity index (χ0v) is 11.1. The molecule has 2 N–H and O–H groups in total. The topological polar surface area (TPSA) is 67.5 Å². The Hall–Kier alpha value is -1.79. The van der Waals surface area contributed by atoms with Crippen molar-refractivity contribution >= 4 is 12.6 Å². The maximum Gasteiger partial charge on any atom is 0.488 e. The molecule has 1 aromatic heterocycles. The first-order valence-corrected chi connectivity index (χ1v) is 6.14. The van der Waals surface area contributed by atoms with Gasteiger partial charge in [-0.1, -0.05) is 6.07 Å². The van der Waals surface area contributed by atoms with Crippen LogP contribution in [-0.4, -0.2) is 33.6 Å². The van der Waals surface area contributed by atoms with Crippen LogP contribution in [-0.2, 0) is 13.5 Å². The highest BCUT2D eigenvalue weighted by Crippen LogP contribution is 2.12. The molecule has 0 saturated carbocycles. The van der Waals surface area contributed by atoms with Gasteiger partial charge in [0, 0.05) is 25.4 Å². The molecule has 0 bridgehead atoms. The van der Waals surface area contributed by atoms with E-state index in [0.717, 1.165) is 23.4 Å². The van der Waals surface area contributed by atoms with E-state index in [2.05, 4.69) is 5.10 Å². The predicted octanol–water partition coefficient (Wildman–Crippen LogP) is 0.0298. The molecule has 0 aliphatic rings. The molecule has 0 fully saturated rings. The minimum Gasteiger partial charge on any atom is -0.493 e. The number of nitrogens with zero attached hydrogens (tertiary/aromatic N) is 2. The number of hydrogen-bond donors (Lipinski definition) is 2. The number of benzene rings is 1. The molecule has 0 atom stereocenters. The Labute approximate surface area is 112 Å². The normalized spacial score (nSPS) is 10.5. The molecule has 0 unspecified atom stereocenters. The number of hydrogen-bond acceptors (Lipinski definition) is 4. The first-order valence-electron chi connectivity index (χ1n) is 6.14. The average Bonchev–Trinajstić information content (AvgIpc) is 2.75. The minimum absolute atomic E-state index is 0.499. The molecule has 2 rings (SSSR count). The predicted molar refractivity (Wildman–Crippen MR) is 73.4 cm³/mol. The summed E-state index contributed by atoms with van der Waals surface area (Å²) in [5, 5.41) is 22.4. The molecule has 100 valence electrons. The fourth-order valence-corrected chi connectivity index (χ4v) is 1.95. The highest BCUT2D eigenvalue weighted by molar-refractivity contribution is 6.59. The lowest BCUT2D eigenvalue weighted by atomic mass is 9.77. The molecular formula is C13H17BN2O3. The third-order valence-corrected chi connectivity index (χ3v) is 3.07. The third-order valence-electron chi connectivity index (χ3n) is 3.07. The zero-order valence-electron chi connectivity index (χ0n) is 11.1. The van der Waals surface area contributed by atoms with E-state index in [1.807, 2.05) is 24.7 Å². The van der Waals surface area contributed by atoms with Gasteiger partial charge >= 0.3 is 7.12 Å². The van der Waals surface area contributed by atoms with Crippen LogP contribution in [0.3, 0.4) is 0 Å². The third kappa shape index (κ3) is 3.36. The van der Waals surface area contributed by atoms with Gasteiger partial charge in [0.15, 0.2) is 0 Å². The van der Waals surface area contributed by atoms with Crippen molar-refractivity contribution in [1.29, 1.82) is 0 Å². The molecule has 5 nitrogen and oxygen atoms in total. The highest BCUT2D eigenvalue weighted by atomic mass is 16.5. The highest BCUT2D eigenvalue weighted by Gasteiger charge is 2.13. The van der Waals surface area contributed by atoms with Gasteiger partial charge in [-0.3, -0.25) is 4.68 Å². The van der Waals surface area contributed by atoms with Crippen LogP contribution >= 0.6 is 0 Å². The second-order valence-corrected chi connectivity index (χ2v) is 4.44. The van der Waals surface area contributed by atoms with Crippen LogP contribution in [0.4, 0.5) is 0 Å². The van der Waals surface area contributed by atoms with Crippen LogP contribution in [0.2, 0.25) is 0 Å². The molecule has 0 radical (unpaired) electrons. The smallest absolute Gasteiger partial charge is 0.488 e. The van der Waals surface area contributed by atoms with E-state index in [-0.39, 0.29) is 0 Å². The van der Waals surface area contributed by atoms with Crippen LogP contribution in [0.5, 0.6) is 5.75 Å². The van der Waals surface area contributed by atoms with Gasteiger partial charge < -0.3 is 14.8 Å². The molecule has 19 heavy (non-hydrogen) atoms. The standard InChI is InChI=1S/C13H17BN2O3/c1-10-9-12(3-4-13(10)14(17)18)19-8-6-11-5-7-15-16(11)2/h3-5,7,9,17-18H,6,8H2,1-2H3. The van der Waals surface area contributed by atoms with Crippen molar-refractivity contribution in [2.75, 3.05) is 6.61 Å². The Morgan fingerprint density at radius 1 is 1.32 bits per heavy atom. The fraction of sp³-hybridized carbons (Fsp3) is 0.308. The average molecular weight is 260 g/mol. The van der Waals surface area contributed by atoms with Crippen LogP contribution < -0.4 is 10.2 Å². The largest absolute Gasteiger partial charge is 0.493 e. The van der Waals surface area contributed by atoms with Crippen molar-refractivity contribution in [2.24, 2.45) is 7.05 Å². The second kappa shape index (κ2) is 5.90. The lowest BCUT2D eigenvalue weighted by Crippen LogP contribution is -2.31. The Morgan fingerprint density at radius 3 is 2.68 bits per heavy atom. The Kier molecular flexibility index (Phi) is 4.24. The summed E-state index contributed by atoms with van der Waals surface area (Å²) in [7, 11) is 0.459. The summed E-state index contributed by atoms with van der Waals surface area (Å²) < 4.78 is 7.46. The van der Waals surface area contributed by atoms with Crippen LogP contribution in [0, 0.1) is 6.92 Å². The summed E-state index contributed by atoms with van der Waals surface area (Å²) in [6.07, 6.45) is 2.54. The summed E-state index contributed by atoms with van der Waals surface area (Å²) in [4.78, 5) is 0.